The molecule has 3 aromatic rings. The number of nitrogens with zero attached hydrogens (tertiary/aromatic N) is 3. The molecule has 0 spiro atoms. The Morgan fingerprint density at radius 2 is 2.08 bits per heavy atom. The molecule has 0 fully saturated rings. The molecule has 7 nitrogen and oxygen atoms in total. The van der Waals surface area contributed by atoms with Crippen molar-refractivity contribution in [2.24, 2.45) is 5.41 Å². The molecule has 0 saturated heterocycles. The largest absolute Gasteiger partial charge is 0.496 e. The Hall–Kier alpha value is -2.67. The summed E-state index contributed by atoms with van der Waals surface area (Å²) in [5.41, 5.74) is 1.58. The van der Waals surface area contributed by atoms with E-state index in [1.165, 1.54) is 4.57 Å². The van der Waals surface area contributed by atoms with Crippen LogP contribution in [0.25, 0.3) is 22.6 Å². The van der Waals surface area contributed by atoms with E-state index < -0.39 is 5.41 Å². The van der Waals surface area contributed by atoms with E-state index in [1.807, 2.05) is 38.1 Å². The minimum Gasteiger partial charge on any atom is -0.496 e. The first kappa shape index (κ1) is 16.2. The number of aliphatic hydroxyl groups is 1. The predicted molar refractivity (Wildman–Crippen MR) is 91.0 cm³/mol. The summed E-state index contributed by atoms with van der Waals surface area (Å²) in [5.74, 6) is 0.686. The molecular formula is C17H20N4O3. The zero-order valence-electron chi connectivity index (χ0n) is 13.9. The number of nitrogens with one attached hydrogen (secondary N) is 1. The second-order valence-corrected chi connectivity index (χ2v) is 6.47. The average Bonchev–Trinajstić information content (AvgIpc) is 2.89. The third-order valence-electron chi connectivity index (χ3n) is 3.88. The highest BCUT2D eigenvalue weighted by Gasteiger charge is 2.21. The lowest BCUT2D eigenvalue weighted by Crippen LogP contribution is -2.29. The second-order valence-electron chi connectivity index (χ2n) is 6.47. The molecule has 0 bridgehead atoms. The number of aromatic nitrogens is 4. The fraction of sp³-hybridized carbons (Fsp3) is 0.353. The summed E-state index contributed by atoms with van der Waals surface area (Å²) in [6.45, 7) is 4.07. The van der Waals surface area contributed by atoms with Gasteiger partial charge >= 0.3 is 5.69 Å². The number of H-pyrrole nitrogens is 1. The Labute approximate surface area is 139 Å². The molecule has 3 rings (SSSR count). The van der Waals surface area contributed by atoms with E-state index in [-0.39, 0.29) is 12.3 Å². The molecule has 0 amide bonds. The van der Waals surface area contributed by atoms with Crippen LogP contribution in [0.3, 0.4) is 0 Å². The Morgan fingerprint density at radius 3 is 2.79 bits per heavy atom. The summed E-state index contributed by atoms with van der Waals surface area (Å²) in [5, 5.41) is 9.48. The fourth-order valence-corrected chi connectivity index (χ4v) is 2.53. The van der Waals surface area contributed by atoms with Crippen LogP contribution in [0.4, 0.5) is 0 Å². The number of aromatic amines is 1. The molecule has 0 radical (unpaired) electrons. The number of imidazole rings is 1. The quantitative estimate of drug-likeness (QED) is 0.745. The van der Waals surface area contributed by atoms with E-state index in [2.05, 4.69) is 15.0 Å². The van der Waals surface area contributed by atoms with E-state index in [9.17, 15) is 9.90 Å². The first-order valence-corrected chi connectivity index (χ1v) is 7.65. The van der Waals surface area contributed by atoms with Crippen molar-refractivity contribution >= 4 is 11.3 Å². The average molecular weight is 328 g/mol. The van der Waals surface area contributed by atoms with Gasteiger partial charge in [-0.3, -0.25) is 9.55 Å². The van der Waals surface area contributed by atoms with Crippen LogP contribution in [0.5, 0.6) is 5.75 Å². The lowest BCUT2D eigenvalue weighted by atomic mass is 9.95. The highest BCUT2D eigenvalue weighted by molar-refractivity contribution is 5.73. The van der Waals surface area contributed by atoms with Crippen LogP contribution >= 0.6 is 0 Å². The van der Waals surface area contributed by atoms with Gasteiger partial charge in [0.2, 0.25) is 0 Å². The molecule has 1 aromatic carbocycles. The van der Waals surface area contributed by atoms with Crippen molar-refractivity contribution in [2.45, 2.75) is 20.4 Å². The molecule has 0 unspecified atom stereocenters. The molecule has 2 aromatic heterocycles. The maximum Gasteiger partial charge on any atom is 0.328 e. The van der Waals surface area contributed by atoms with Crippen molar-refractivity contribution in [1.82, 2.24) is 19.5 Å². The number of aliphatic hydroxyl groups excluding tert-OH is 1. The van der Waals surface area contributed by atoms with Crippen LogP contribution in [0.2, 0.25) is 0 Å². The van der Waals surface area contributed by atoms with Crippen LogP contribution in [-0.4, -0.2) is 38.3 Å². The predicted octanol–water partition coefficient (Wildman–Crippen LogP) is 1.81. The van der Waals surface area contributed by atoms with E-state index >= 15 is 0 Å². The standard InChI is InChI=1S/C17H20N4O3/c1-17(2,10-22)9-21-15-14(20-16(21)23)18-8-12(19-15)11-6-4-5-7-13(11)24-3/h4-8,22H,9-10H2,1-3H3,(H,18,20,23). The number of methoxy groups -OCH3 is 1. The number of fused-ring (bicyclic) bond motifs is 1. The highest BCUT2D eigenvalue weighted by atomic mass is 16.5. The fourth-order valence-electron chi connectivity index (χ4n) is 2.53. The zero-order valence-corrected chi connectivity index (χ0v) is 13.9. The van der Waals surface area contributed by atoms with Gasteiger partial charge in [0, 0.05) is 24.1 Å². The molecule has 0 saturated carbocycles. The van der Waals surface area contributed by atoms with Crippen LogP contribution in [0, 0.1) is 5.41 Å². The SMILES string of the molecule is COc1ccccc1-c1cnc2[nH]c(=O)n(CC(C)(C)CO)c2n1. The number of benzene rings is 1. The third kappa shape index (κ3) is 2.90. The van der Waals surface area contributed by atoms with Gasteiger partial charge in [-0.25, -0.2) is 14.8 Å². The zero-order chi connectivity index (χ0) is 17.3. The summed E-state index contributed by atoms with van der Waals surface area (Å²) >= 11 is 0. The van der Waals surface area contributed by atoms with Crippen molar-refractivity contribution < 1.29 is 9.84 Å². The lowest BCUT2D eigenvalue weighted by molar-refractivity contribution is 0.141. The van der Waals surface area contributed by atoms with Crippen molar-refractivity contribution in [3.05, 3.63) is 40.9 Å². The summed E-state index contributed by atoms with van der Waals surface area (Å²) < 4.78 is 6.88. The lowest BCUT2D eigenvalue weighted by Gasteiger charge is -2.21. The summed E-state index contributed by atoms with van der Waals surface area (Å²) in [6.07, 6.45) is 1.61. The smallest absolute Gasteiger partial charge is 0.328 e. The van der Waals surface area contributed by atoms with Gasteiger partial charge in [0.15, 0.2) is 11.3 Å². The van der Waals surface area contributed by atoms with Crippen LogP contribution in [0.15, 0.2) is 35.3 Å². The van der Waals surface area contributed by atoms with Gasteiger partial charge in [0.05, 0.1) is 19.0 Å². The molecule has 2 N–H and O–H groups in total. The van der Waals surface area contributed by atoms with Crippen molar-refractivity contribution in [3.8, 4) is 17.0 Å². The number of para-hydroxylation sites is 1. The minimum absolute atomic E-state index is 0.0360. The maximum absolute atomic E-state index is 12.2. The topological polar surface area (TPSA) is 93.0 Å². The van der Waals surface area contributed by atoms with Gasteiger partial charge < -0.3 is 9.84 Å². The second kappa shape index (κ2) is 6.09. The highest BCUT2D eigenvalue weighted by Crippen LogP contribution is 2.28. The normalized spacial score (nSPS) is 11.8. The number of ether oxygens (including phenoxy) is 1. The third-order valence-corrected chi connectivity index (χ3v) is 3.88. The number of hydrogen-bond acceptors (Lipinski definition) is 5. The van der Waals surface area contributed by atoms with Gasteiger partial charge in [-0.1, -0.05) is 26.0 Å². The first-order chi connectivity index (χ1) is 11.4. The maximum atomic E-state index is 12.2. The van der Waals surface area contributed by atoms with E-state index in [4.69, 9.17) is 4.74 Å². The van der Waals surface area contributed by atoms with Crippen LogP contribution < -0.4 is 10.4 Å². The molecule has 0 aliphatic heterocycles. The van der Waals surface area contributed by atoms with Crippen LogP contribution in [0.1, 0.15) is 13.8 Å². The van der Waals surface area contributed by atoms with Gasteiger partial charge in [-0.05, 0) is 12.1 Å². The Balaban J connectivity index is 2.15. The molecule has 24 heavy (non-hydrogen) atoms. The van der Waals surface area contributed by atoms with Crippen molar-refractivity contribution in [3.63, 3.8) is 0 Å². The van der Waals surface area contributed by atoms with Gasteiger partial charge in [0.1, 0.15) is 5.75 Å². The molecule has 0 aliphatic rings. The number of rotatable bonds is 5. The molecule has 2 heterocycles. The molecule has 7 heteroatoms. The summed E-state index contributed by atoms with van der Waals surface area (Å²) in [6, 6.07) is 7.51. The summed E-state index contributed by atoms with van der Waals surface area (Å²) in [4.78, 5) is 23.8. The van der Waals surface area contributed by atoms with E-state index in [1.54, 1.807) is 13.3 Å². The van der Waals surface area contributed by atoms with Crippen molar-refractivity contribution in [2.75, 3.05) is 13.7 Å². The first-order valence-electron chi connectivity index (χ1n) is 7.65. The van der Waals surface area contributed by atoms with Gasteiger partial charge in [-0.2, -0.15) is 0 Å². The Bertz CT molecular complexity index is 927. The Morgan fingerprint density at radius 1 is 1.33 bits per heavy atom. The molecule has 0 atom stereocenters. The van der Waals surface area contributed by atoms with E-state index in [0.29, 0.717) is 29.3 Å². The molecule has 0 aliphatic carbocycles. The van der Waals surface area contributed by atoms with E-state index in [0.717, 1.165) is 5.56 Å². The molecular weight excluding hydrogens is 308 g/mol. The molecule has 126 valence electrons. The van der Waals surface area contributed by atoms with Gasteiger partial charge in [0.25, 0.3) is 0 Å². The minimum atomic E-state index is -0.443. The number of hydrogen-bond donors (Lipinski definition) is 2. The van der Waals surface area contributed by atoms with Crippen LogP contribution in [-0.2, 0) is 6.54 Å². The summed E-state index contributed by atoms with van der Waals surface area (Å²) in [7, 11) is 1.60. The van der Waals surface area contributed by atoms with Crippen molar-refractivity contribution in [1.29, 1.82) is 0 Å². The Kier molecular flexibility index (Phi) is 4.11. The van der Waals surface area contributed by atoms with Gasteiger partial charge in [-0.15, -0.1) is 0 Å². The monoisotopic (exact) mass is 328 g/mol.